The molecule has 1 aromatic rings. The van der Waals surface area contributed by atoms with E-state index in [4.69, 9.17) is 4.74 Å². The van der Waals surface area contributed by atoms with Crippen LogP contribution in [0.25, 0.3) is 0 Å². The number of methoxy groups -OCH3 is 1. The van der Waals surface area contributed by atoms with Crippen molar-refractivity contribution in [3.8, 4) is 5.75 Å². The lowest BCUT2D eigenvalue weighted by Gasteiger charge is -2.39. The van der Waals surface area contributed by atoms with Crippen LogP contribution in [0.5, 0.6) is 5.75 Å². The predicted octanol–water partition coefficient (Wildman–Crippen LogP) is 4.16. The summed E-state index contributed by atoms with van der Waals surface area (Å²) in [6, 6.07) is 6.48. The minimum atomic E-state index is 0.0151. The van der Waals surface area contributed by atoms with Gasteiger partial charge in [0.1, 0.15) is 5.75 Å². The Bertz CT molecular complexity index is 463. The molecule has 21 heavy (non-hydrogen) atoms. The highest BCUT2D eigenvalue weighted by atomic mass is 16.5. The molecular formula is C18H30N2O. The fourth-order valence-electron chi connectivity index (χ4n) is 2.65. The third-order valence-corrected chi connectivity index (χ3v) is 3.62. The molecule has 1 rings (SSSR count). The number of hydrogen-bond acceptors (Lipinski definition) is 3. The van der Waals surface area contributed by atoms with Crippen molar-refractivity contribution in [2.24, 2.45) is 0 Å². The molecule has 0 saturated carbocycles. The number of rotatable bonds is 7. The SMILES string of the molecule is C=CCN(c1cccc(OC)c1C(C)NCC)C(C)(C)C. The summed E-state index contributed by atoms with van der Waals surface area (Å²) in [5.41, 5.74) is 2.43. The lowest BCUT2D eigenvalue weighted by atomic mass is 9.98. The van der Waals surface area contributed by atoms with Crippen molar-refractivity contribution >= 4 is 5.69 Å². The first-order chi connectivity index (χ1) is 9.86. The Labute approximate surface area is 130 Å². The van der Waals surface area contributed by atoms with Gasteiger partial charge in [0.25, 0.3) is 0 Å². The van der Waals surface area contributed by atoms with Crippen molar-refractivity contribution in [2.45, 2.75) is 46.2 Å². The van der Waals surface area contributed by atoms with Gasteiger partial charge < -0.3 is 15.0 Å². The van der Waals surface area contributed by atoms with E-state index < -0.39 is 0 Å². The van der Waals surface area contributed by atoms with E-state index in [1.165, 1.54) is 11.3 Å². The Morgan fingerprint density at radius 3 is 2.52 bits per heavy atom. The van der Waals surface area contributed by atoms with Crippen molar-refractivity contribution in [3.63, 3.8) is 0 Å². The van der Waals surface area contributed by atoms with Gasteiger partial charge in [-0.05, 0) is 46.4 Å². The number of ether oxygens (including phenoxy) is 1. The Morgan fingerprint density at radius 1 is 1.38 bits per heavy atom. The Kier molecular flexibility index (Phi) is 6.28. The molecule has 0 aliphatic carbocycles. The van der Waals surface area contributed by atoms with Gasteiger partial charge in [-0.3, -0.25) is 0 Å². The number of anilines is 1. The summed E-state index contributed by atoms with van der Waals surface area (Å²) in [6.45, 7) is 16.6. The van der Waals surface area contributed by atoms with Crippen molar-refractivity contribution in [1.82, 2.24) is 5.32 Å². The molecule has 0 radical (unpaired) electrons. The maximum Gasteiger partial charge on any atom is 0.125 e. The molecule has 0 spiro atoms. The van der Waals surface area contributed by atoms with Gasteiger partial charge in [-0.1, -0.05) is 19.1 Å². The van der Waals surface area contributed by atoms with Crippen LogP contribution < -0.4 is 15.0 Å². The molecule has 0 heterocycles. The predicted molar refractivity (Wildman–Crippen MR) is 92.4 cm³/mol. The van der Waals surface area contributed by atoms with E-state index in [2.05, 4.69) is 63.5 Å². The molecule has 0 bridgehead atoms. The van der Waals surface area contributed by atoms with E-state index in [9.17, 15) is 0 Å². The molecule has 0 aliphatic rings. The zero-order valence-corrected chi connectivity index (χ0v) is 14.4. The molecule has 118 valence electrons. The highest BCUT2D eigenvalue weighted by Gasteiger charge is 2.26. The molecule has 1 N–H and O–H groups in total. The average molecular weight is 290 g/mol. The summed E-state index contributed by atoms with van der Waals surface area (Å²) >= 11 is 0. The van der Waals surface area contributed by atoms with E-state index >= 15 is 0 Å². The van der Waals surface area contributed by atoms with Crippen LogP contribution in [0.3, 0.4) is 0 Å². The van der Waals surface area contributed by atoms with Gasteiger partial charge >= 0.3 is 0 Å². The number of hydrogen-bond donors (Lipinski definition) is 1. The van der Waals surface area contributed by atoms with E-state index in [0.717, 1.165) is 18.8 Å². The van der Waals surface area contributed by atoms with Crippen LogP contribution in [0.2, 0.25) is 0 Å². The minimum absolute atomic E-state index is 0.0151. The normalized spacial score (nSPS) is 12.9. The van der Waals surface area contributed by atoms with E-state index in [1.807, 2.05) is 12.1 Å². The van der Waals surface area contributed by atoms with Crippen LogP contribution in [0.15, 0.2) is 30.9 Å². The molecule has 3 heteroatoms. The van der Waals surface area contributed by atoms with Crippen LogP contribution in [-0.4, -0.2) is 25.7 Å². The molecule has 1 unspecified atom stereocenters. The standard InChI is InChI=1S/C18H30N2O/c1-8-13-20(18(4,5)6)15-11-10-12-16(21-7)17(15)14(3)19-9-2/h8,10-12,14,19H,1,9,13H2,2-7H3. The average Bonchev–Trinajstić information content (AvgIpc) is 2.42. The summed E-state index contributed by atoms with van der Waals surface area (Å²) in [5, 5.41) is 3.49. The van der Waals surface area contributed by atoms with Crippen LogP contribution in [-0.2, 0) is 0 Å². The van der Waals surface area contributed by atoms with Crippen LogP contribution in [0, 0.1) is 0 Å². The summed E-state index contributed by atoms with van der Waals surface area (Å²) in [4.78, 5) is 2.37. The maximum absolute atomic E-state index is 5.60. The first kappa shape index (κ1) is 17.6. The van der Waals surface area contributed by atoms with Gasteiger partial charge in [0, 0.05) is 29.4 Å². The zero-order valence-electron chi connectivity index (χ0n) is 14.4. The van der Waals surface area contributed by atoms with E-state index in [-0.39, 0.29) is 11.6 Å². The highest BCUT2D eigenvalue weighted by molar-refractivity contribution is 5.62. The highest BCUT2D eigenvalue weighted by Crippen LogP contribution is 2.37. The van der Waals surface area contributed by atoms with Crippen LogP contribution >= 0.6 is 0 Å². The van der Waals surface area contributed by atoms with Gasteiger partial charge in [0.2, 0.25) is 0 Å². The number of benzene rings is 1. The van der Waals surface area contributed by atoms with Crippen molar-refractivity contribution in [3.05, 3.63) is 36.4 Å². The van der Waals surface area contributed by atoms with Crippen molar-refractivity contribution < 1.29 is 4.74 Å². The Morgan fingerprint density at radius 2 is 2.05 bits per heavy atom. The second-order valence-corrected chi connectivity index (χ2v) is 6.24. The topological polar surface area (TPSA) is 24.5 Å². The summed E-state index contributed by atoms with van der Waals surface area (Å²) < 4.78 is 5.60. The Balaban J connectivity index is 3.41. The smallest absolute Gasteiger partial charge is 0.125 e. The van der Waals surface area contributed by atoms with Crippen LogP contribution in [0.4, 0.5) is 5.69 Å². The number of nitrogens with one attached hydrogen (secondary N) is 1. The number of nitrogens with zero attached hydrogens (tertiary/aromatic N) is 1. The van der Waals surface area contributed by atoms with E-state index in [1.54, 1.807) is 7.11 Å². The van der Waals surface area contributed by atoms with Gasteiger partial charge in [0.05, 0.1) is 7.11 Å². The molecule has 0 fully saturated rings. The second-order valence-electron chi connectivity index (χ2n) is 6.24. The zero-order chi connectivity index (χ0) is 16.0. The van der Waals surface area contributed by atoms with Crippen molar-refractivity contribution in [2.75, 3.05) is 25.1 Å². The molecule has 1 atom stereocenters. The lowest BCUT2D eigenvalue weighted by molar-refractivity contribution is 0.401. The van der Waals surface area contributed by atoms with Crippen molar-refractivity contribution in [1.29, 1.82) is 0 Å². The van der Waals surface area contributed by atoms with Gasteiger partial charge in [-0.15, -0.1) is 6.58 Å². The fourth-order valence-corrected chi connectivity index (χ4v) is 2.65. The molecule has 0 aromatic heterocycles. The minimum Gasteiger partial charge on any atom is -0.496 e. The molecule has 1 aromatic carbocycles. The molecule has 3 nitrogen and oxygen atoms in total. The van der Waals surface area contributed by atoms with Crippen LogP contribution in [0.1, 0.15) is 46.2 Å². The molecule has 0 saturated heterocycles. The summed E-state index contributed by atoms with van der Waals surface area (Å²) in [7, 11) is 1.73. The van der Waals surface area contributed by atoms with Gasteiger partial charge in [0.15, 0.2) is 0 Å². The first-order valence-electron chi connectivity index (χ1n) is 7.65. The monoisotopic (exact) mass is 290 g/mol. The molecule has 0 aliphatic heterocycles. The van der Waals surface area contributed by atoms with E-state index in [0.29, 0.717) is 0 Å². The van der Waals surface area contributed by atoms with Gasteiger partial charge in [-0.2, -0.15) is 0 Å². The first-order valence-corrected chi connectivity index (χ1v) is 7.65. The fraction of sp³-hybridized carbons (Fsp3) is 0.556. The third-order valence-electron chi connectivity index (χ3n) is 3.62. The second kappa shape index (κ2) is 7.51. The summed E-state index contributed by atoms with van der Waals surface area (Å²) in [5.74, 6) is 0.930. The largest absolute Gasteiger partial charge is 0.496 e. The Hall–Kier alpha value is -1.48. The summed E-state index contributed by atoms with van der Waals surface area (Å²) in [6.07, 6.45) is 1.95. The maximum atomic E-state index is 5.60. The quantitative estimate of drug-likeness (QED) is 0.763. The third kappa shape index (κ3) is 4.24. The lowest BCUT2D eigenvalue weighted by Crippen LogP contribution is -2.42. The van der Waals surface area contributed by atoms with Gasteiger partial charge in [-0.25, -0.2) is 0 Å². The molecular weight excluding hydrogens is 260 g/mol. The molecule has 0 amide bonds.